The Balaban J connectivity index is 3.24. The van der Waals surface area contributed by atoms with Crippen LogP contribution in [0, 0.1) is 5.92 Å². The number of hydrogen-bond acceptors (Lipinski definition) is 21. The SMILES string of the molecule is CC[C@H](C)[C@H](N)C(=O)N[C@@H](CS)C(=O)N[C@@H](CC(=O)O)C(=O)NCC(=O)N[C@@H](Cc1ccccc1)C(=O)N[C@@H](CS)C(=O)N[C@@H](CO)C(=O)N[C@@H](CO)C(=O)N[C@@H](CCCN=C(N)N)C(=O)NCC(=O)N[C@@H](CCCN=C(N)N)C(=O)N[C@@H](CCCCN)C(=O)O. The minimum Gasteiger partial charge on any atom is -0.481 e. The highest BCUT2D eigenvalue weighted by molar-refractivity contribution is 7.80. The van der Waals surface area contributed by atoms with Gasteiger partial charge in [0.15, 0.2) is 11.9 Å². The number of nitrogens with one attached hydrogen (secondary N) is 11. The number of aliphatic hydroxyl groups excluding tert-OH is 2. The second-order valence-electron chi connectivity index (χ2n) is 20.6. The first kappa shape index (κ1) is 80.4. The van der Waals surface area contributed by atoms with Gasteiger partial charge in [0.2, 0.25) is 65.0 Å². The maximum Gasteiger partial charge on any atom is 0.326 e. The Morgan fingerprint density at radius 2 is 0.879 bits per heavy atom. The summed E-state index contributed by atoms with van der Waals surface area (Å²) in [6.07, 6.45) is 0.106. The first-order chi connectivity index (χ1) is 43.0. The van der Waals surface area contributed by atoms with E-state index in [2.05, 4.69) is 93.7 Å². The zero-order valence-corrected chi connectivity index (χ0v) is 52.3. The van der Waals surface area contributed by atoms with Gasteiger partial charge < -0.3 is 113 Å². The normalized spacial score (nSPS) is 14.5. The molecule has 0 fully saturated rings. The van der Waals surface area contributed by atoms with Crippen LogP contribution >= 0.6 is 25.3 Å². The fraction of sp³-hybridized carbons (Fsp3) is 0.604. The summed E-state index contributed by atoms with van der Waals surface area (Å²) in [4.78, 5) is 179. The number of nitrogens with two attached hydrogens (primary N) is 6. The van der Waals surface area contributed by atoms with E-state index in [4.69, 9.17) is 34.4 Å². The average Bonchev–Trinajstić information content (AvgIpc) is 3.36. The van der Waals surface area contributed by atoms with E-state index in [0.717, 1.165) is 0 Å². The molecule has 0 aliphatic carbocycles. The van der Waals surface area contributed by atoms with E-state index in [1.165, 1.54) is 0 Å². The Bertz CT molecular complexity index is 2660. The molecule has 1 aromatic carbocycles. The van der Waals surface area contributed by atoms with Gasteiger partial charge in [0.25, 0.3) is 0 Å². The van der Waals surface area contributed by atoms with E-state index in [0.29, 0.717) is 24.8 Å². The number of nitrogens with zero attached hydrogens (tertiary/aromatic N) is 2. The van der Waals surface area contributed by atoms with Crippen molar-refractivity contribution in [2.75, 3.05) is 57.4 Å². The molecule has 11 amide bonds. The molecule has 0 aromatic heterocycles. The number of thiol groups is 2. The number of hydrogen-bond donors (Lipinski definition) is 23. The molecule has 27 N–H and O–H groups in total. The van der Waals surface area contributed by atoms with Crippen LogP contribution in [0.4, 0.5) is 0 Å². The number of carbonyl (C=O) groups excluding carboxylic acids is 11. The summed E-state index contributed by atoms with van der Waals surface area (Å²) < 4.78 is 0. The molecule has 0 aliphatic heterocycles. The molecule has 0 bridgehead atoms. The summed E-state index contributed by atoms with van der Waals surface area (Å²) in [5.74, 6) is -15.6. The number of rotatable bonds is 45. The van der Waals surface area contributed by atoms with Crippen LogP contribution in [0.2, 0.25) is 0 Å². The van der Waals surface area contributed by atoms with Crippen LogP contribution in [0.25, 0.3) is 0 Å². The number of amides is 11. The predicted octanol–water partition coefficient (Wildman–Crippen LogP) is -9.16. The summed E-state index contributed by atoms with van der Waals surface area (Å²) in [6, 6.07) is -7.09. The Kier molecular flexibility index (Phi) is 38.9. The number of guanidine groups is 2. The van der Waals surface area contributed by atoms with Crippen LogP contribution in [0.15, 0.2) is 40.3 Å². The van der Waals surface area contributed by atoms with Gasteiger partial charge in [-0.15, -0.1) is 0 Å². The Hall–Kier alpha value is -8.59. The van der Waals surface area contributed by atoms with Crippen molar-refractivity contribution >= 4 is 114 Å². The Morgan fingerprint density at radius 3 is 1.32 bits per heavy atom. The molecular weight excluding hydrogens is 1240 g/mol. The minimum atomic E-state index is -1.89. The molecule has 0 heterocycles. The molecule has 1 aromatic rings. The smallest absolute Gasteiger partial charge is 0.326 e. The molecule has 11 atom stereocenters. The van der Waals surface area contributed by atoms with Gasteiger partial charge in [-0.25, -0.2) is 4.79 Å². The molecule has 0 spiro atoms. The summed E-state index contributed by atoms with van der Waals surface area (Å²) in [7, 11) is 0. The fourth-order valence-corrected chi connectivity index (χ4v) is 8.51. The number of carbonyl (C=O) groups is 13. The van der Waals surface area contributed by atoms with Gasteiger partial charge in [-0.05, 0) is 63.0 Å². The van der Waals surface area contributed by atoms with Crippen LogP contribution in [0.3, 0.4) is 0 Å². The lowest BCUT2D eigenvalue weighted by molar-refractivity contribution is -0.142. The first-order valence-electron chi connectivity index (χ1n) is 28.8. The summed E-state index contributed by atoms with van der Waals surface area (Å²) >= 11 is 8.23. The molecule has 0 radical (unpaired) electrons. The van der Waals surface area contributed by atoms with Gasteiger partial charge in [0.1, 0.15) is 54.4 Å². The largest absolute Gasteiger partial charge is 0.481 e. The lowest BCUT2D eigenvalue weighted by Crippen LogP contribution is -2.61. The van der Waals surface area contributed by atoms with Crippen molar-refractivity contribution < 1.29 is 82.8 Å². The van der Waals surface area contributed by atoms with E-state index in [1.807, 2.05) is 0 Å². The third kappa shape index (κ3) is 32.1. The van der Waals surface area contributed by atoms with Crippen molar-refractivity contribution in [1.29, 1.82) is 0 Å². The van der Waals surface area contributed by atoms with Crippen molar-refractivity contribution in [2.24, 2.45) is 50.3 Å². The number of carboxylic acids is 2. The number of unbranched alkanes of at least 4 members (excludes halogenated alkanes) is 1. The van der Waals surface area contributed by atoms with Crippen molar-refractivity contribution in [3.05, 3.63) is 35.9 Å². The number of benzene rings is 1. The van der Waals surface area contributed by atoms with Gasteiger partial charge in [-0.3, -0.25) is 67.5 Å². The highest BCUT2D eigenvalue weighted by Gasteiger charge is 2.35. The molecule has 510 valence electrons. The van der Waals surface area contributed by atoms with Crippen molar-refractivity contribution in [3.63, 3.8) is 0 Å². The van der Waals surface area contributed by atoms with Crippen LogP contribution in [0.1, 0.15) is 77.2 Å². The van der Waals surface area contributed by atoms with Crippen LogP contribution in [-0.4, -0.2) is 227 Å². The third-order valence-corrected chi connectivity index (χ3v) is 14.1. The average molecular weight is 1330 g/mol. The van der Waals surface area contributed by atoms with Gasteiger partial charge in [-0.2, -0.15) is 25.3 Å². The zero-order chi connectivity index (χ0) is 68.8. The van der Waals surface area contributed by atoms with Gasteiger partial charge in [0.05, 0.1) is 38.8 Å². The predicted molar refractivity (Wildman–Crippen MR) is 335 cm³/mol. The Labute approximate surface area is 535 Å². The number of aliphatic hydroxyl groups is 2. The highest BCUT2D eigenvalue weighted by atomic mass is 32.1. The van der Waals surface area contributed by atoms with E-state index in [1.54, 1.807) is 44.2 Å². The highest BCUT2D eigenvalue weighted by Crippen LogP contribution is 2.09. The van der Waals surface area contributed by atoms with Gasteiger partial charge in [0, 0.05) is 31.0 Å². The topological polar surface area (TPSA) is 616 Å². The van der Waals surface area contributed by atoms with Crippen LogP contribution < -0.4 is 92.9 Å². The molecular formula is C53H89N19O17S2. The third-order valence-electron chi connectivity index (χ3n) is 13.4. The number of aliphatic imine (C=N–C) groups is 2. The summed E-state index contributed by atoms with van der Waals surface area (Å²) in [5, 5.41) is 65.2. The molecule has 36 nitrogen and oxygen atoms in total. The van der Waals surface area contributed by atoms with E-state index in [-0.39, 0.29) is 81.7 Å². The second kappa shape index (κ2) is 44.0. The summed E-state index contributed by atoms with van der Waals surface area (Å²) in [6.45, 7) is -0.170. The van der Waals surface area contributed by atoms with Crippen molar-refractivity contribution in [3.8, 4) is 0 Å². The Morgan fingerprint density at radius 1 is 0.495 bits per heavy atom. The molecule has 0 unspecified atom stereocenters. The maximum atomic E-state index is 13.9. The van der Waals surface area contributed by atoms with Crippen LogP contribution in [0.5, 0.6) is 0 Å². The van der Waals surface area contributed by atoms with E-state index < -0.39 is 176 Å². The second-order valence-corrected chi connectivity index (χ2v) is 21.3. The summed E-state index contributed by atoms with van der Waals surface area (Å²) in [5.41, 5.74) is 33.6. The zero-order valence-electron chi connectivity index (χ0n) is 50.5. The van der Waals surface area contributed by atoms with E-state index in [9.17, 15) is 82.8 Å². The van der Waals surface area contributed by atoms with E-state index >= 15 is 0 Å². The lowest BCUT2D eigenvalue weighted by Gasteiger charge is -2.26. The molecule has 1 rings (SSSR count). The molecule has 91 heavy (non-hydrogen) atoms. The number of aliphatic carboxylic acids is 2. The minimum absolute atomic E-state index is 0.0304. The quantitative estimate of drug-likeness (QED) is 0.0125. The fourth-order valence-electron chi connectivity index (χ4n) is 8.00. The monoisotopic (exact) mass is 1330 g/mol. The van der Waals surface area contributed by atoms with Crippen LogP contribution in [-0.2, 0) is 68.7 Å². The van der Waals surface area contributed by atoms with Gasteiger partial charge in [-0.1, -0.05) is 50.6 Å². The lowest BCUT2D eigenvalue weighted by atomic mass is 9.99. The first-order valence-corrected chi connectivity index (χ1v) is 30.1. The maximum absolute atomic E-state index is 13.9. The van der Waals surface area contributed by atoms with Crippen molar-refractivity contribution in [2.45, 2.75) is 138 Å². The number of carboxylic acid groups (broad SMARTS) is 2. The molecule has 0 aliphatic rings. The standard InChI is InChI=1S/C53H89N19O17S2/c1-3-27(2)41(55)50(87)72-37(26-91)48(85)68-33(20-40(77)78)43(80)63-22-39(76)65-32(19-28-11-5-4-6-12-28)45(82)71-36(25-90)49(86)70-35(24-74)47(84)69-34(23-73)46(83)66-29(14-9-17-60-52(56)57)42(79)62-21-38(75)64-30(15-10-18-61-53(58)59)44(81)67-31(51(88)89)13-7-8-16-54/h4-6,11-12,27,29-37,41,73-74,90-91H,3,7-10,13-26,54-55H2,1-2H3,(H,62,79)(H,63,80)(H,64,75)(H,65,76)(H,66,83)(H,67,81)(H,68,85)(H,69,84)(H,70,86)(H,71,82)(H,72,87)(H,77,78)(H,88,89)(H4,56,57,60)(H4,58,59,61)/t27-,29-,30-,31-,32-,33-,34-,35-,36-,37-,41-/m0/s1. The van der Waals surface area contributed by atoms with Crippen molar-refractivity contribution in [1.82, 2.24) is 58.5 Å². The molecule has 0 saturated heterocycles. The van der Waals surface area contributed by atoms with Gasteiger partial charge >= 0.3 is 11.9 Å². The molecule has 0 saturated carbocycles. The molecule has 38 heteroatoms.